The highest BCUT2D eigenvalue weighted by molar-refractivity contribution is 6.81. The second-order valence-corrected chi connectivity index (χ2v) is 7.86. The van der Waals surface area contributed by atoms with Crippen LogP contribution in [-0.4, -0.2) is 60.3 Å². The average Bonchev–Trinajstić information content (AvgIpc) is 2.53. The molecule has 22 heavy (non-hydrogen) atoms. The van der Waals surface area contributed by atoms with Gasteiger partial charge in [0.1, 0.15) is 0 Å². The molecule has 0 atom stereocenters. The van der Waals surface area contributed by atoms with Crippen LogP contribution in [0, 0.1) is 0 Å². The zero-order valence-electron chi connectivity index (χ0n) is 13.1. The molecule has 1 N–H and O–H groups in total. The molecule has 1 aromatic carbocycles. The Labute approximate surface area is 132 Å². The Morgan fingerprint density at radius 2 is 1.55 bits per heavy atom. The summed E-state index contributed by atoms with van der Waals surface area (Å²) in [6.45, 7) is 1.60. The summed E-state index contributed by atoms with van der Waals surface area (Å²) in [7, 11) is 0.341. The fraction of sp³-hybridized carbons (Fsp3) is 0.533. The minimum absolute atomic E-state index is 0.00107. The Morgan fingerprint density at radius 1 is 1.00 bits per heavy atom. The standard InChI is InChI=1S/C15H24O6Si/c1-18-9-11-20-22(13-8-15(16)17,21-12-10-19-2)14-6-4-3-5-7-14/h3-7H,8-13H2,1-2H3,(H,16,17). The third-order valence-electron chi connectivity index (χ3n) is 3.13. The number of methoxy groups -OCH3 is 2. The summed E-state index contributed by atoms with van der Waals surface area (Å²) >= 11 is 0. The third-order valence-corrected chi connectivity index (χ3v) is 6.59. The van der Waals surface area contributed by atoms with Crippen LogP contribution in [-0.2, 0) is 23.1 Å². The number of carboxylic acids is 1. The van der Waals surface area contributed by atoms with Gasteiger partial charge in [0.15, 0.2) is 0 Å². The van der Waals surface area contributed by atoms with Gasteiger partial charge in [0.25, 0.3) is 0 Å². The summed E-state index contributed by atoms with van der Waals surface area (Å²) in [6.07, 6.45) is 0.00107. The van der Waals surface area contributed by atoms with Gasteiger partial charge in [-0.3, -0.25) is 4.79 Å². The molecule has 0 aliphatic carbocycles. The van der Waals surface area contributed by atoms with E-state index in [-0.39, 0.29) is 6.42 Å². The maximum absolute atomic E-state index is 11.0. The molecule has 6 nitrogen and oxygen atoms in total. The lowest BCUT2D eigenvalue weighted by Crippen LogP contribution is -2.55. The van der Waals surface area contributed by atoms with Gasteiger partial charge < -0.3 is 23.4 Å². The van der Waals surface area contributed by atoms with Crippen molar-refractivity contribution in [2.24, 2.45) is 0 Å². The first-order valence-corrected chi connectivity index (χ1v) is 9.20. The van der Waals surface area contributed by atoms with Gasteiger partial charge in [0, 0.05) is 26.7 Å². The average molecular weight is 328 g/mol. The van der Waals surface area contributed by atoms with E-state index in [1.807, 2.05) is 30.3 Å². The molecule has 0 amide bonds. The van der Waals surface area contributed by atoms with Crippen molar-refractivity contribution >= 4 is 19.7 Å². The topological polar surface area (TPSA) is 74.2 Å². The van der Waals surface area contributed by atoms with E-state index in [4.69, 9.17) is 23.4 Å². The fourth-order valence-corrected chi connectivity index (χ4v) is 5.10. The maximum Gasteiger partial charge on any atom is 0.373 e. The molecule has 1 aromatic rings. The molecule has 0 fully saturated rings. The van der Waals surface area contributed by atoms with E-state index in [0.717, 1.165) is 5.19 Å². The highest BCUT2D eigenvalue weighted by Gasteiger charge is 2.40. The van der Waals surface area contributed by atoms with Gasteiger partial charge >= 0.3 is 14.5 Å². The molecule has 0 aromatic heterocycles. The van der Waals surface area contributed by atoms with Crippen molar-refractivity contribution in [3.63, 3.8) is 0 Å². The molecule has 0 aliphatic rings. The zero-order chi connectivity index (χ0) is 16.3. The molecule has 0 saturated carbocycles. The number of carboxylic acid groups (broad SMARTS) is 1. The van der Waals surface area contributed by atoms with E-state index in [1.54, 1.807) is 14.2 Å². The molecule has 0 saturated heterocycles. The van der Waals surface area contributed by atoms with Crippen LogP contribution in [0.5, 0.6) is 0 Å². The van der Waals surface area contributed by atoms with E-state index in [0.29, 0.717) is 32.5 Å². The lowest BCUT2D eigenvalue weighted by atomic mass is 10.4. The highest BCUT2D eigenvalue weighted by Crippen LogP contribution is 2.17. The Bertz CT molecular complexity index is 415. The SMILES string of the molecule is COCCO[Si](CCC(=O)O)(OCCOC)c1ccccc1. The first-order valence-electron chi connectivity index (χ1n) is 7.17. The van der Waals surface area contributed by atoms with Crippen LogP contribution >= 0.6 is 0 Å². The van der Waals surface area contributed by atoms with E-state index >= 15 is 0 Å². The van der Waals surface area contributed by atoms with E-state index < -0.39 is 14.5 Å². The second-order valence-electron chi connectivity index (χ2n) is 4.70. The monoisotopic (exact) mass is 328 g/mol. The number of benzene rings is 1. The highest BCUT2D eigenvalue weighted by atomic mass is 28.4. The smallest absolute Gasteiger partial charge is 0.373 e. The summed E-state index contributed by atoms with van der Waals surface area (Å²) in [5.41, 5.74) is 0. The number of aliphatic carboxylic acids is 1. The Balaban J connectivity index is 2.95. The van der Waals surface area contributed by atoms with Crippen molar-refractivity contribution < 1.29 is 28.2 Å². The van der Waals surface area contributed by atoms with E-state index in [2.05, 4.69) is 0 Å². The van der Waals surface area contributed by atoms with Crippen LogP contribution in [0.25, 0.3) is 0 Å². The lowest BCUT2D eigenvalue weighted by Gasteiger charge is -2.30. The summed E-state index contributed by atoms with van der Waals surface area (Å²) in [5.74, 6) is -0.863. The van der Waals surface area contributed by atoms with Crippen molar-refractivity contribution in [1.29, 1.82) is 0 Å². The molecule has 7 heteroatoms. The second kappa shape index (κ2) is 10.5. The minimum Gasteiger partial charge on any atom is -0.481 e. The van der Waals surface area contributed by atoms with Crippen LogP contribution in [0.1, 0.15) is 6.42 Å². The van der Waals surface area contributed by atoms with E-state index in [1.165, 1.54) is 0 Å². The number of hydrogen-bond acceptors (Lipinski definition) is 5. The molecule has 0 bridgehead atoms. The van der Waals surface area contributed by atoms with Gasteiger partial charge in [0.05, 0.1) is 26.4 Å². The van der Waals surface area contributed by atoms with Crippen molar-refractivity contribution in [2.45, 2.75) is 12.5 Å². The number of rotatable bonds is 12. The lowest BCUT2D eigenvalue weighted by molar-refractivity contribution is -0.136. The van der Waals surface area contributed by atoms with Crippen LogP contribution < -0.4 is 5.19 Å². The molecule has 0 aliphatic heterocycles. The van der Waals surface area contributed by atoms with Crippen molar-refractivity contribution in [2.75, 3.05) is 40.6 Å². The normalized spacial score (nSPS) is 11.5. The van der Waals surface area contributed by atoms with Crippen LogP contribution in [0.4, 0.5) is 0 Å². The Kier molecular flexibility index (Phi) is 8.94. The van der Waals surface area contributed by atoms with Crippen LogP contribution in [0.2, 0.25) is 6.04 Å². The molecule has 0 radical (unpaired) electrons. The summed E-state index contributed by atoms with van der Waals surface area (Å²) in [6, 6.07) is 9.90. The maximum atomic E-state index is 11.0. The molecule has 0 unspecified atom stereocenters. The van der Waals surface area contributed by atoms with Gasteiger partial charge in [-0.25, -0.2) is 0 Å². The van der Waals surface area contributed by atoms with E-state index in [9.17, 15) is 4.79 Å². The molecule has 0 heterocycles. The predicted octanol–water partition coefficient (Wildman–Crippen LogP) is 1.14. The third kappa shape index (κ3) is 6.25. The summed E-state index contributed by atoms with van der Waals surface area (Å²) < 4.78 is 22.1. The first-order chi connectivity index (χ1) is 10.6. The molecule has 1 rings (SSSR count). The first kappa shape index (κ1) is 18.8. The van der Waals surface area contributed by atoms with Crippen molar-refractivity contribution in [1.82, 2.24) is 0 Å². The van der Waals surface area contributed by atoms with Crippen molar-refractivity contribution in [3.8, 4) is 0 Å². The Hall–Kier alpha value is -1.25. The van der Waals surface area contributed by atoms with Crippen LogP contribution in [0.3, 0.4) is 0 Å². The van der Waals surface area contributed by atoms with Gasteiger partial charge in [-0.1, -0.05) is 30.3 Å². The van der Waals surface area contributed by atoms with Gasteiger partial charge in [0.2, 0.25) is 0 Å². The number of ether oxygens (including phenoxy) is 2. The molecule has 0 spiro atoms. The van der Waals surface area contributed by atoms with Gasteiger partial charge in [-0.15, -0.1) is 0 Å². The molecular formula is C15H24O6Si. The quantitative estimate of drug-likeness (QED) is 0.458. The number of carbonyl (C=O) groups is 1. The summed E-state index contributed by atoms with van der Waals surface area (Å²) in [5, 5.41) is 9.95. The van der Waals surface area contributed by atoms with Crippen LogP contribution in [0.15, 0.2) is 30.3 Å². The number of hydrogen-bond donors (Lipinski definition) is 1. The van der Waals surface area contributed by atoms with Gasteiger partial charge in [-0.2, -0.15) is 0 Å². The Morgan fingerprint density at radius 3 is 2.00 bits per heavy atom. The fourth-order valence-electron chi connectivity index (χ4n) is 2.04. The largest absolute Gasteiger partial charge is 0.481 e. The minimum atomic E-state index is -2.85. The molecular weight excluding hydrogens is 304 g/mol. The van der Waals surface area contributed by atoms with Crippen molar-refractivity contribution in [3.05, 3.63) is 30.3 Å². The van der Waals surface area contributed by atoms with Gasteiger partial charge in [-0.05, 0) is 5.19 Å². The molecule has 124 valence electrons. The summed E-state index contributed by atoms with van der Waals surface area (Å²) in [4.78, 5) is 11.0. The predicted molar refractivity (Wildman–Crippen MR) is 84.5 cm³/mol. The zero-order valence-corrected chi connectivity index (χ0v) is 14.1.